The van der Waals surface area contributed by atoms with Crippen LogP contribution >= 0.6 is 15.9 Å². The molecule has 0 radical (unpaired) electrons. The lowest BCUT2D eigenvalue weighted by atomic mass is 10.0. The SMILES string of the molecule is CCc1ccccc1N(CC(=O)N(Cc1cccc(Br)c1)C(Cc1ccccc1)C(=O)NC1CCCC1)S(=O)(=O)c1ccccc1. The van der Waals surface area contributed by atoms with Crippen molar-refractivity contribution in [2.45, 2.75) is 69.0 Å². The van der Waals surface area contributed by atoms with Gasteiger partial charge < -0.3 is 10.2 Å². The maximum Gasteiger partial charge on any atom is 0.264 e. The first-order valence-electron chi connectivity index (χ1n) is 15.8. The topological polar surface area (TPSA) is 86.8 Å². The molecule has 0 heterocycles. The van der Waals surface area contributed by atoms with Crippen LogP contribution in [-0.4, -0.2) is 43.8 Å². The van der Waals surface area contributed by atoms with Crippen LogP contribution in [0.25, 0.3) is 0 Å². The minimum absolute atomic E-state index is 0.0555. The summed E-state index contributed by atoms with van der Waals surface area (Å²) in [6.45, 7) is 1.61. The number of amides is 2. The zero-order valence-electron chi connectivity index (χ0n) is 26.0. The predicted molar refractivity (Wildman–Crippen MR) is 186 cm³/mol. The molecule has 1 unspecified atom stereocenters. The summed E-state index contributed by atoms with van der Waals surface area (Å²) in [4.78, 5) is 30.5. The number of carbonyl (C=O) groups excluding carboxylic acids is 2. The normalized spacial score (nSPS) is 14.0. The number of aryl methyl sites for hydroxylation is 1. The maximum absolute atomic E-state index is 14.7. The lowest BCUT2D eigenvalue weighted by Crippen LogP contribution is -2.54. The molecule has 4 aromatic carbocycles. The number of hydrogen-bond acceptors (Lipinski definition) is 4. The van der Waals surface area contributed by atoms with Crippen molar-refractivity contribution in [1.82, 2.24) is 10.2 Å². The summed E-state index contributed by atoms with van der Waals surface area (Å²) in [5.41, 5.74) is 2.97. The second-order valence-corrected chi connectivity index (χ2v) is 14.4. The molecule has 1 N–H and O–H groups in total. The quantitative estimate of drug-likeness (QED) is 0.164. The molecule has 1 saturated carbocycles. The largest absolute Gasteiger partial charge is 0.352 e. The van der Waals surface area contributed by atoms with Crippen molar-refractivity contribution in [2.75, 3.05) is 10.8 Å². The van der Waals surface area contributed by atoms with Gasteiger partial charge in [0.1, 0.15) is 12.6 Å². The van der Waals surface area contributed by atoms with Gasteiger partial charge in [-0.05, 0) is 66.3 Å². The third-order valence-corrected chi connectivity index (χ3v) is 10.7. The lowest BCUT2D eigenvalue weighted by Gasteiger charge is -2.34. The molecule has 1 aliphatic rings. The monoisotopic (exact) mass is 701 g/mol. The Morgan fingerprint density at radius 3 is 2.15 bits per heavy atom. The Hall–Kier alpha value is -3.95. The molecule has 0 spiro atoms. The van der Waals surface area contributed by atoms with Crippen molar-refractivity contribution in [3.05, 3.63) is 130 Å². The van der Waals surface area contributed by atoms with Crippen LogP contribution in [0.4, 0.5) is 5.69 Å². The summed E-state index contributed by atoms with van der Waals surface area (Å²) in [5, 5.41) is 3.22. The van der Waals surface area contributed by atoms with Gasteiger partial charge in [-0.3, -0.25) is 13.9 Å². The van der Waals surface area contributed by atoms with E-state index in [1.165, 1.54) is 16.4 Å². The minimum Gasteiger partial charge on any atom is -0.352 e. The maximum atomic E-state index is 14.7. The van der Waals surface area contributed by atoms with Crippen molar-refractivity contribution in [2.24, 2.45) is 0 Å². The number of rotatable bonds is 13. The molecule has 1 fully saturated rings. The summed E-state index contributed by atoms with van der Waals surface area (Å²) in [5.74, 6) is -0.696. The Balaban J connectivity index is 1.58. The zero-order chi connectivity index (χ0) is 32.5. The minimum atomic E-state index is -4.14. The van der Waals surface area contributed by atoms with Crippen LogP contribution in [-0.2, 0) is 39.0 Å². The molecule has 4 aromatic rings. The van der Waals surface area contributed by atoms with E-state index in [1.54, 1.807) is 35.2 Å². The molecule has 240 valence electrons. The molecule has 0 aromatic heterocycles. The first kappa shape index (κ1) is 33.4. The number of nitrogens with one attached hydrogen (secondary N) is 1. The average molecular weight is 703 g/mol. The van der Waals surface area contributed by atoms with Crippen LogP contribution < -0.4 is 9.62 Å². The van der Waals surface area contributed by atoms with Crippen molar-refractivity contribution in [3.8, 4) is 0 Å². The van der Waals surface area contributed by atoms with Crippen molar-refractivity contribution in [1.29, 1.82) is 0 Å². The number of benzene rings is 4. The molecule has 7 nitrogen and oxygen atoms in total. The van der Waals surface area contributed by atoms with E-state index in [-0.39, 0.29) is 29.8 Å². The highest BCUT2D eigenvalue weighted by molar-refractivity contribution is 9.10. The number of halogens is 1. The lowest BCUT2D eigenvalue weighted by molar-refractivity contribution is -0.140. The Morgan fingerprint density at radius 1 is 0.848 bits per heavy atom. The number of carbonyl (C=O) groups is 2. The van der Waals surface area contributed by atoms with E-state index in [9.17, 15) is 18.0 Å². The van der Waals surface area contributed by atoms with Gasteiger partial charge in [-0.25, -0.2) is 8.42 Å². The average Bonchev–Trinajstić information content (AvgIpc) is 3.59. The molecule has 9 heteroatoms. The van der Waals surface area contributed by atoms with Gasteiger partial charge in [0.05, 0.1) is 10.6 Å². The van der Waals surface area contributed by atoms with Crippen LogP contribution in [0.1, 0.15) is 49.3 Å². The van der Waals surface area contributed by atoms with E-state index in [4.69, 9.17) is 0 Å². The molecule has 0 bridgehead atoms. The van der Waals surface area contributed by atoms with Crippen LogP contribution in [0.5, 0.6) is 0 Å². The standard InChI is InChI=1S/C37H40BrN3O4S/c1-2-30-17-9-12-23-34(30)41(46(44,45)33-21-7-4-8-22-33)27-36(42)40(26-29-16-13-18-31(38)24-29)35(25-28-14-5-3-6-15-28)37(43)39-32-19-10-11-20-32/h3-9,12-18,21-24,32,35H,2,10-11,19-20,25-27H2,1H3,(H,39,43). The summed E-state index contributed by atoms with van der Waals surface area (Å²) in [7, 11) is -4.14. The Labute approximate surface area is 280 Å². The first-order valence-corrected chi connectivity index (χ1v) is 18.0. The molecule has 46 heavy (non-hydrogen) atoms. The number of anilines is 1. The predicted octanol–water partition coefficient (Wildman–Crippen LogP) is 6.91. The smallest absolute Gasteiger partial charge is 0.264 e. The van der Waals surface area contributed by atoms with Crippen molar-refractivity contribution >= 4 is 43.5 Å². The fraction of sp³-hybridized carbons (Fsp3) is 0.297. The number of hydrogen-bond donors (Lipinski definition) is 1. The number of sulfonamides is 1. The van der Waals surface area contributed by atoms with Crippen molar-refractivity contribution < 1.29 is 18.0 Å². The molecular formula is C37H40BrN3O4S. The Morgan fingerprint density at radius 2 is 1.48 bits per heavy atom. The van der Waals surface area contributed by atoms with Crippen LogP contribution in [0, 0.1) is 0 Å². The molecule has 0 saturated heterocycles. The van der Waals surface area contributed by atoms with E-state index < -0.39 is 28.5 Å². The third kappa shape index (κ3) is 8.25. The van der Waals surface area contributed by atoms with Crippen LogP contribution in [0.2, 0.25) is 0 Å². The van der Waals surface area contributed by atoms with Crippen LogP contribution in [0.3, 0.4) is 0 Å². The molecule has 1 atom stereocenters. The van der Waals surface area contributed by atoms with Gasteiger partial charge >= 0.3 is 0 Å². The van der Waals surface area contributed by atoms with Gasteiger partial charge in [-0.15, -0.1) is 0 Å². The fourth-order valence-electron chi connectivity index (χ4n) is 6.04. The van der Waals surface area contributed by atoms with E-state index >= 15 is 0 Å². The van der Waals surface area contributed by atoms with E-state index in [1.807, 2.05) is 73.7 Å². The van der Waals surface area contributed by atoms with E-state index in [2.05, 4.69) is 21.2 Å². The third-order valence-electron chi connectivity index (χ3n) is 8.47. The summed E-state index contributed by atoms with van der Waals surface area (Å²) >= 11 is 3.54. The highest BCUT2D eigenvalue weighted by atomic mass is 79.9. The molecule has 1 aliphatic carbocycles. The Kier molecular flexibility index (Phi) is 11.3. The second-order valence-electron chi connectivity index (χ2n) is 11.7. The van der Waals surface area contributed by atoms with Gasteiger partial charge in [0.15, 0.2) is 0 Å². The van der Waals surface area contributed by atoms with Gasteiger partial charge in [0.25, 0.3) is 10.0 Å². The van der Waals surface area contributed by atoms with Crippen LogP contribution in [0.15, 0.2) is 119 Å². The van der Waals surface area contributed by atoms with Crippen molar-refractivity contribution in [3.63, 3.8) is 0 Å². The molecule has 0 aliphatic heterocycles. The number of para-hydroxylation sites is 1. The Bertz CT molecular complexity index is 1730. The van der Waals surface area contributed by atoms with Gasteiger partial charge in [0, 0.05) is 23.5 Å². The summed E-state index contributed by atoms with van der Waals surface area (Å²) < 4.78 is 30.6. The van der Waals surface area contributed by atoms with E-state index in [0.717, 1.165) is 46.8 Å². The highest BCUT2D eigenvalue weighted by Gasteiger charge is 2.36. The molecule has 5 rings (SSSR count). The molecule has 2 amide bonds. The summed E-state index contributed by atoms with van der Waals surface area (Å²) in [6, 6.07) is 31.9. The molecular weight excluding hydrogens is 662 g/mol. The second kappa shape index (κ2) is 15.6. The zero-order valence-corrected chi connectivity index (χ0v) is 28.4. The fourth-order valence-corrected chi connectivity index (χ4v) is 7.96. The highest BCUT2D eigenvalue weighted by Crippen LogP contribution is 2.29. The van der Waals surface area contributed by atoms with Gasteiger partial charge in [-0.1, -0.05) is 115 Å². The van der Waals surface area contributed by atoms with E-state index in [0.29, 0.717) is 12.1 Å². The summed E-state index contributed by atoms with van der Waals surface area (Å²) in [6.07, 6.45) is 4.78. The van der Waals surface area contributed by atoms with Gasteiger partial charge in [-0.2, -0.15) is 0 Å². The first-order chi connectivity index (χ1) is 22.3. The van der Waals surface area contributed by atoms with Gasteiger partial charge in [0.2, 0.25) is 11.8 Å². The number of nitrogens with zero attached hydrogens (tertiary/aromatic N) is 2.